The minimum Gasteiger partial charge on any atom is -0.371 e. The zero-order chi connectivity index (χ0) is 18.6. The van der Waals surface area contributed by atoms with Crippen LogP contribution in [0.5, 0.6) is 0 Å². The van der Waals surface area contributed by atoms with Gasteiger partial charge in [0, 0.05) is 32.8 Å². The highest BCUT2D eigenvalue weighted by Gasteiger charge is 2.26. The molecule has 2 fully saturated rings. The third kappa shape index (κ3) is 4.28. The van der Waals surface area contributed by atoms with Gasteiger partial charge < -0.3 is 9.64 Å². The Kier molecular flexibility index (Phi) is 5.36. The molecule has 11 nitrogen and oxygen atoms in total. The maximum atomic E-state index is 12.3. The topological polar surface area (TPSA) is 129 Å². The van der Waals surface area contributed by atoms with Crippen molar-refractivity contribution in [2.24, 2.45) is 0 Å². The number of rotatable bonds is 5. The van der Waals surface area contributed by atoms with E-state index in [1.165, 1.54) is 17.7 Å². The van der Waals surface area contributed by atoms with Gasteiger partial charge in [0.2, 0.25) is 16.9 Å². The van der Waals surface area contributed by atoms with E-state index >= 15 is 0 Å². The summed E-state index contributed by atoms with van der Waals surface area (Å²) in [7, 11) is 0. The van der Waals surface area contributed by atoms with E-state index in [9.17, 15) is 9.59 Å². The fraction of sp³-hybridized carbons (Fsp3) is 0.600. The van der Waals surface area contributed by atoms with Gasteiger partial charge in [-0.25, -0.2) is 4.98 Å². The van der Waals surface area contributed by atoms with Crippen molar-refractivity contribution in [2.45, 2.75) is 18.9 Å². The SMILES string of the molecule is O=C(CN1CCN(C(=O)c2ncn[nH]2)CC1)Nc1nnc(C2CCCO2)s1. The van der Waals surface area contributed by atoms with Crippen LogP contribution in [-0.4, -0.2) is 86.3 Å². The average molecular weight is 392 g/mol. The number of anilines is 1. The Morgan fingerprint density at radius 1 is 1.30 bits per heavy atom. The number of carbonyl (C=O) groups excluding carboxylic acids is 2. The van der Waals surface area contributed by atoms with Crippen molar-refractivity contribution in [1.82, 2.24) is 35.2 Å². The Hall–Kier alpha value is -2.44. The Morgan fingerprint density at radius 3 is 2.85 bits per heavy atom. The van der Waals surface area contributed by atoms with Crippen LogP contribution in [0.4, 0.5) is 5.13 Å². The first-order chi connectivity index (χ1) is 13.2. The zero-order valence-electron chi connectivity index (χ0n) is 14.6. The van der Waals surface area contributed by atoms with E-state index in [1.54, 1.807) is 4.90 Å². The number of nitrogens with one attached hydrogen (secondary N) is 2. The molecule has 2 aromatic rings. The molecule has 1 atom stereocenters. The fourth-order valence-corrected chi connectivity index (χ4v) is 3.96. The summed E-state index contributed by atoms with van der Waals surface area (Å²) < 4.78 is 5.58. The lowest BCUT2D eigenvalue weighted by Crippen LogP contribution is -2.50. The molecule has 12 heteroatoms. The second-order valence-electron chi connectivity index (χ2n) is 6.40. The van der Waals surface area contributed by atoms with Crippen molar-refractivity contribution in [3.8, 4) is 0 Å². The van der Waals surface area contributed by atoms with Crippen molar-refractivity contribution in [1.29, 1.82) is 0 Å². The number of aromatic nitrogens is 5. The molecule has 2 aliphatic rings. The molecule has 0 aliphatic carbocycles. The predicted molar refractivity (Wildman–Crippen MR) is 95.2 cm³/mol. The standard InChI is InChI=1S/C15H20N8O3S/c24-11(18-15-21-20-13(27-15)10-2-1-7-26-10)8-22-3-5-23(6-4-22)14(25)12-16-9-17-19-12/h9-10H,1-8H2,(H,16,17,19)(H,18,21,24). The molecular weight excluding hydrogens is 372 g/mol. The molecule has 2 N–H and O–H groups in total. The molecule has 2 amide bonds. The van der Waals surface area contributed by atoms with E-state index in [0.717, 1.165) is 24.5 Å². The lowest BCUT2D eigenvalue weighted by molar-refractivity contribution is -0.117. The van der Waals surface area contributed by atoms with Crippen LogP contribution >= 0.6 is 11.3 Å². The lowest BCUT2D eigenvalue weighted by atomic mass is 10.2. The van der Waals surface area contributed by atoms with Gasteiger partial charge in [0.1, 0.15) is 17.4 Å². The van der Waals surface area contributed by atoms with Crippen molar-refractivity contribution < 1.29 is 14.3 Å². The fourth-order valence-electron chi connectivity index (χ4n) is 3.12. The van der Waals surface area contributed by atoms with Crippen molar-refractivity contribution >= 4 is 28.3 Å². The van der Waals surface area contributed by atoms with Crippen LogP contribution in [0.1, 0.15) is 34.6 Å². The highest BCUT2D eigenvalue weighted by Crippen LogP contribution is 2.31. The van der Waals surface area contributed by atoms with E-state index in [2.05, 4.69) is 30.7 Å². The van der Waals surface area contributed by atoms with Gasteiger partial charge in [-0.2, -0.15) is 5.10 Å². The molecule has 0 spiro atoms. The summed E-state index contributed by atoms with van der Waals surface area (Å²) in [5, 5.41) is 18.5. The largest absolute Gasteiger partial charge is 0.371 e. The summed E-state index contributed by atoms with van der Waals surface area (Å²) in [4.78, 5) is 32.1. The number of piperazine rings is 1. The molecule has 0 radical (unpaired) electrons. The maximum Gasteiger partial charge on any atom is 0.291 e. The molecule has 1 unspecified atom stereocenters. The first kappa shape index (κ1) is 17.9. The first-order valence-corrected chi connectivity index (χ1v) is 9.62. The Labute approximate surface area is 159 Å². The van der Waals surface area contributed by atoms with Gasteiger partial charge in [0.15, 0.2) is 0 Å². The quantitative estimate of drug-likeness (QED) is 0.722. The molecule has 144 valence electrons. The number of amides is 2. The molecule has 2 saturated heterocycles. The van der Waals surface area contributed by atoms with E-state index in [4.69, 9.17) is 4.74 Å². The molecule has 27 heavy (non-hydrogen) atoms. The summed E-state index contributed by atoms with van der Waals surface area (Å²) in [5.41, 5.74) is 0. The number of carbonyl (C=O) groups is 2. The average Bonchev–Trinajstić information content (AvgIpc) is 3.43. The molecule has 0 saturated carbocycles. The minimum atomic E-state index is -0.174. The van der Waals surface area contributed by atoms with Gasteiger partial charge in [-0.3, -0.25) is 24.9 Å². The Balaban J connectivity index is 1.23. The highest BCUT2D eigenvalue weighted by molar-refractivity contribution is 7.15. The molecule has 0 bridgehead atoms. The number of ether oxygens (including phenoxy) is 1. The summed E-state index contributed by atoms with van der Waals surface area (Å²) in [5.74, 6) is -0.0771. The maximum absolute atomic E-state index is 12.3. The smallest absolute Gasteiger partial charge is 0.291 e. The third-order valence-corrected chi connectivity index (χ3v) is 5.47. The molecule has 2 aromatic heterocycles. The number of hydrogen-bond donors (Lipinski definition) is 2. The van der Waals surface area contributed by atoms with E-state index in [-0.39, 0.29) is 30.3 Å². The Morgan fingerprint density at radius 2 is 2.15 bits per heavy atom. The van der Waals surface area contributed by atoms with Gasteiger partial charge in [0.05, 0.1) is 6.54 Å². The molecule has 4 heterocycles. The molecule has 2 aliphatic heterocycles. The van der Waals surface area contributed by atoms with Crippen LogP contribution in [0.15, 0.2) is 6.33 Å². The summed E-state index contributed by atoms with van der Waals surface area (Å²) in [6.45, 7) is 3.30. The van der Waals surface area contributed by atoms with Gasteiger partial charge >= 0.3 is 0 Å². The normalized spacial score (nSPS) is 20.7. The second-order valence-corrected chi connectivity index (χ2v) is 7.41. The van der Waals surface area contributed by atoms with Gasteiger partial charge in [-0.15, -0.1) is 10.2 Å². The molecular formula is C15H20N8O3S. The van der Waals surface area contributed by atoms with Crippen molar-refractivity contribution in [2.75, 3.05) is 44.6 Å². The van der Waals surface area contributed by atoms with Crippen LogP contribution in [0, 0.1) is 0 Å². The summed E-state index contributed by atoms with van der Waals surface area (Å²) in [6, 6.07) is 0. The molecule has 0 aromatic carbocycles. The van der Waals surface area contributed by atoms with E-state index in [1.807, 2.05) is 4.90 Å². The van der Waals surface area contributed by atoms with Crippen LogP contribution in [0.25, 0.3) is 0 Å². The minimum absolute atomic E-state index is 0.00290. The van der Waals surface area contributed by atoms with Crippen LogP contribution in [0.2, 0.25) is 0 Å². The second kappa shape index (κ2) is 8.06. The van der Waals surface area contributed by atoms with Crippen LogP contribution in [-0.2, 0) is 9.53 Å². The first-order valence-electron chi connectivity index (χ1n) is 8.81. The summed E-state index contributed by atoms with van der Waals surface area (Å²) in [6.07, 6.45) is 3.28. The number of nitrogens with zero attached hydrogens (tertiary/aromatic N) is 6. The highest BCUT2D eigenvalue weighted by atomic mass is 32.1. The molecule has 4 rings (SSSR count). The van der Waals surface area contributed by atoms with Gasteiger partial charge in [-0.1, -0.05) is 11.3 Å². The van der Waals surface area contributed by atoms with Gasteiger partial charge in [0.25, 0.3) is 5.91 Å². The number of hydrogen-bond acceptors (Lipinski definition) is 9. The zero-order valence-corrected chi connectivity index (χ0v) is 15.4. The van der Waals surface area contributed by atoms with E-state index < -0.39 is 0 Å². The van der Waals surface area contributed by atoms with Crippen molar-refractivity contribution in [3.05, 3.63) is 17.2 Å². The van der Waals surface area contributed by atoms with E-state index in [0.29, 0.717) is 31.3 Å². The summed E-state index contributed by atoms with van der Waals surface area (Å²) >= 11 is 1.36. The monoisotopic (exact) mass is 392 g/mol. The van der Waals surface area contributed by atoms with Crippen LogP contribution < -0.4 is 5.32 Å². The Bertz CT molecular complexity index is 781. The lowest BCUT2D eigenvalue weighted by Gasteiger charge is -2.33. The third-order valence-electron chi connectivity index (χ3n) is 4.54. The predicted octanol–water partition coefficient (Wildman–Crippen LogP) is -0.0958. The van der Waals surface area contributed by atoms with Gasteiger partial charge in [-0.05, 0) is 12.8 Å². The van der Waals surface area contributed by atoms with Crippen LogP contribution in [0.3, 0.4) is 0 Å². The number of aromatic amines is 1. The number of H-pyrrole nitrogens is 1. The van der Waals surface area contributed by atoms with Crippen molar-refractivity contribution in [3.63, 3.8) is 0 Å².